The van der Waals surface area contributed by atoms with Crippen LogP contribution in [0, 0.1) is 11.3 Å². The average molecular weight is 225 g/mol. The number of hydrogen-bond acceptors (Lipinski definition) is 3. The van der Waals surface area contributed by atoms with Crippen molar-refractivity contribution in [3.05, 3.63) is 42.1 Å². The predicted octanol–water partition coefficient (Wildman–Crippen LogP) is 2.58. The number of nitriles is 1. The molecule has 0 fully saturated rings. The normalized spacial score (nSPS) is 10.6. The molecule has 0 aliphatic heterocycles. The zero-order valence-electron chi connectivity index (χ0n) is 9.93. The fraction of sp³-hybridized carbons (Fsp3) is 0.286. The van der Waals surface area contributed by atoms with Gasteiger partial charge in [0.25, 0.3) is 0 Å². The number of nitrogens with zero attached hydrogens (tertiary/aromatic N) is 3. The number of fused-ring (bicyclic) bond motifs is 1. The molecule has 0 aliphatic rings. The van der Waals surface area contributed by atoms with Crippen molar-refractivity contribution in [1.82, 2.24) is 9.88 Å². The van der Waals surface area contributed by atoms with Crippen molar-refractivity contribution in [2.45, 2.75) is 13.5 Å². The van der Waals surface area contributed by atoms with Crippen molar-refractivity contribution >= 4 is 10.9 Å². The van der Waals surface area contributed by atoms with Crippen molar-refractivity contribution in [1.29, 1.82) is 5.26 Å². The van der Waals surface area contributed by atoms with Crippen LogP contribution in [0.5, 0.6) is 0 Å². The molecule has 0 saturated heterocycles. The van der Waals surface area contributed by atoms with Gasteiger partial charge in [-0.15, -0.1) is 0 Å². The molecular formula is C14H15N3. The Hall–Kier alpha value is -1.92. The molecule has 0 unspecified atom stereocenters. The summed E-state index contributed by atoms with van der Waals surface area (Å²) in [7, 11) is 0. The zero-order chi connectivity index (χ0) is 12.1. The van der Waals surface area contributed by atoms with Crippen LogP contribution < -0.4 is 0 Å². The highest BCUT2D eigenvalue weighted by atomic mass is 15.1. The SMILES string of the molecule is CCN(CC#N)Cc1cnc2ccccc2c1. The summed E-state index contributed by atoms with van der Waals surface area (Å²) >= 11 is 0. The first-order valence-corrected chi connectivity index (χ1v) is 5.76. The van der Waals surface area contributed by atoms with E-state index in [9.17, 15) is 0 Å². The summed E-state index contributed by atoms with van der Waals surface area (Å²) in [5.41, 5.74) is 2.17. The number of hydrogen-bond donors (Lipinski definition) is 0. The Balaban J connectivity index is 2.22. The van der Waals surface area contributed by atoms with Gasteiger partial charge in [-0.2, -0.15) is 5.26 Å². The van der Waals surface area contributed by atoms with E-state index in [0.29, 0.717) is 6.54 Å². The van der Waals surface area contributed by atoms with Crippen molar-refractivity contribution in [2.24, 2.45) is 0 Å². The molecule has 1 aromatic heterocycles. The Bertz CT molecular complexity index is 542. The van der Waals surface area contributed by atoms with Crippen LogP contribution in [-0.2, 0) is 6.54 Å². The minimum absolute atomic E-state index is 0.462. The summed E-state index contributed by atoms with van der Waals surface area (Å²) in [5, 5.41) is 9.86. The van der Waals surface area contributed by atoms with Crippen molar-refractivity contribution in [2.75, 3.05) is 13.1 Å². The highest BCUT2D eigenvalue weighted by molar-refractivity contribution is 5.78. The van der Waals surface area contributed by atoms with Gasteiger partial charge < -0.3 is 0 Å². The number of para-hydroxylation sites is 1. The van der Waals surface area contributed by atoms with Gasteiger partial charge >= 0.3 is 0 Å². The molecule has 17 heavy (non-hydrogen) atoms. The molecule has 1 aromatic carbocycles. The smallest absolute Gasteiger partial charge is 0.0868 e. The fourth-order valence-corrected chi connectivity index (χ4v) is 1.84. The largest absolute Gasteiger partial charge is 0.286 e. The first kappa shape index (κ1) is 11.6. The number of benzene rings is 1. The van der Waals surface area contributed by atoms with Crippen LogP contribution in [0.15, 0.2) is 36.5 Å². The Morgan fingerprint density at radius 3 is 2.94 bits per heavy atom. The van der Waals surface area contributed by atoms with Crippen LogP contribution in [0.2, 0.25) is 0 Å². The topological polar surface area (TPSA) is 39.9 Å². The molecule has 3 nitrogen and oxygen atoms in total. The van der Waals surface area contributed by atoms with Crippen molar-refractivity contribution in [3.8, 4) is 6.07 Å². The van der Waals surface area contributed by atoms with Crippen molar-refractivity contribution < 1.29 is 0 Å². The van der Waals surface area contributed by atoms with Crippen LogP contribution in [0.25, 0.3) is 10.9 Å². The van der Waals surface area contributed by atoms with Gasteiger partial charge in [0.2, 0.25) is 0 Å². The Labute approximate surface area is 101 Å². The maximum absolute atomic E-state index is 8.71. The van der Waals surface area contributed by atoms with Gasteiger partial charge in [0.15, 0.2) is 0 Å². The summed E-state index contributed by atoms with van der Waals surface area (Å²) in [4.78, 5) is 6.51. The van der Waals surface area contributed by atoms with E-state index >= 15 is 0 Å². The Kier molecular flexibility index (Phi) is 3.69. The monoisotopic (exact) mass is 225 g/mol. The van der Waals surface area contributed by atoms with E-state index in [1.165, 1.54) is 0 Å². The minimum Gasteiger partial charge on any atom is -0.286 e. The predicted molar refractivity (Wildman–Crippen MR) is 68.3 cm³/mol. The van der Waals surface area contributed by atoms with E-state index in [0.717, 1.165) is 29.6 Å². The molecule has 3 heteroatoms. The molecule has 0 atom stereocenters. The van der Waals surface area contributed by atoms with Gasteiger partial charge in [-0.05, 0) is 24.2 Å². The molecule has 0 bridgehead atoms. The first-order valence-electron chi connectivity index (χ1n) is 5.76. The van der Waals surface area contributed by atoms with Gasteiger partial charge in [0.1, 0.15) is 0 Å². The van der Waals surface area contributed by atoms with E-state index < -0.39 is 0 Å². The number of pyridine rings is 1. The molecule has 1 heterocycles. The maximum Gasteiger partial charge on any atom is 0.0868 e. The molecule has 0 aliphatic carbocycles. The molecule has 0 saturated carbocycles. The maximum atomic E-state index is 8.71. The van der Waals surface area contributed by atoms with E-state index in [-0.39, 0.29) is 0 Å². The quantitative estimate of drug-likeness (QED) is 0.751. The molecule has 0 spiro atoms. The van der Waals surface area contributed by atoms with Gasteiger partial charge in [-0.25, -0.2) is 0 Å². The Morgan fingerprint density at radius 1 is 1.35 bits per heavy atom. The second-order valence-electron chi connectivity index (χ2n) is 4.00. The van der Waals surface area contributed by atoms with E-state index in [2.05, 4.69) is 35.0 Å². The van der Waals surface area contributed by atoms with Gasteiger partial charge in [-0.3, -0.25) is 9.88 Å². The fourth-order valence-electron chi connectivity index (χ4n) is 1.84. The Morgan fingerprint density at radius 2 is 2.18 bits per heavy atom. The number of rotatable bonds is 4. The highest BCUT2D eigenvalue weighted by Gasteiger charge is 2.04. The van der Waals surface area contributed by atoms with Gasteiger partial charge in [0.05, 0.1) is 18.1 Å². The minimum atomic E-state index is 0.462. The van der Waals surface area contributed by atoms with Crippen LogP contribution in [0.1, 0.15) is 12.5 Å². The van der Waals surface area contributed by atoms with E-state index in [4.69, 9.17) is 5.26 Å². The molecular weight excluding hydrogens is 210 g/mol. The lowest BCUT2D eigenvalue weighted by atomic mass is 10.1. The lowest BCUT2D eigenvalue weighted by Crippen LogP contribution is -2.23. The summed E-state index contributed by atoms with van der Waals surface area (Å²) in [6, 6.07) is 12.4. The molecule has 2 aromatic rings. The van der Waals surface area contributed by atoms with E-state index in [1.54, 1.807) is 0 Å². The average Bonchev–Trinajstić information content (AvgIpc) is 2.38. The van der Waals surface area contributed by atoms with E-state index in [1.807, 2.05) is 24.4 Å². The van der Waals surface area contributed by atoms with Crippen LogP contribution in [0.3, 0.4) is 0 Å². The summed E-state index contributed by atoms with van der Waals surface area (Å²) in [6.07, 6.45) is 1.89. The highest BCUT2D eigenvalue weighted by Crippen LogP contribution is 2.13. The zero-order valence-corrected chi connectivity index (χ0v) is 9.93. The first-order chi connectivity index (χ1) is 8.33. The van der Waals surface area contributed by atoms with Crippen molar-refractivity contribution in [3.63, 3.8) is 0 Å². The second-order valence-corrected chi connectivity index (χ2v) is 4.00. The molecule has 0 amide bonds. The molecule has 86 valence electrons. The summed E-state index contributed by atoms with van der Waals surface area (Å²) < 4.78 is 0. The number of aromatic nitrogens is 1. The third-order valence-corrected chi connectivity index (χ3v) is 2.79. The van der Waals surface area contributed by atoms with Crippen LogP contribution in [-0.4, -0.2) is 23.0 Å². The summed E-state index contributed by atoms with van der Waals surface area (Å²) in [5.74, 6) is 0. The third-order valence-electron chi connectivity index (χ3n) is 2.79. The lowest BCUT2D eigenvalue weighted by Gasteiger charge is -2.16. The van der Waals surface area contributed by atoms with Crippen LogP contribution in [0.4, 0.5) is 0 Å². The third kappa shape index (κ3) is 2.80. The molecule has 0 radical (unpaired) electrons. The van der Waals surface area contributed by atoms with Gasteiger partial charge in [0, 0.05) is 18.1 Å². The lowest BCUT2D eigenvalue weighted by molar-refractivity contribution is 0.314. The second kappa shape index (κ2) is 5.42. The standard InChI is InChI=1S/C14H15N3/c1-2-17(8-7-15)11-12-9-13-5-3-4-6-14(13)16-10-12/h3-6,9-10H,2,8,11H2,1H3. The summed E-state index contributed by atoms with van der Waals surface area (Å²) in [6.45, 7) is 4.18. The van der Waals surface area contributed by atoms with Crippen LogP contribution >= 0.6 is 0 Å². The molecule has 0 N–H and O–H groups in total. The molecule has 2 rings (SSSR count). The van der Waals surface area contributed by atoms with Gasteiger partial charge in [-0.1, -0.05) is 25.1 Å².